The Bertz CT molecular complexity index is 836. The molecule has 2 atom stereocenters. The van der Waals surface area contributed by atoms with Crippen molar-refractivity contribution in [2.75, 3.05) is 50.0 Å². The number of hydrogen-bond acceptors (Lipinski definition) is 6. The van der Waals surface area contributed by atoms with Crippen LogP contribution in [0.1, 0.15) is 30.1 Å². The number of carbonyl (C=O) groups is 1. The first-order chi connectivity index (χ1) is 15.2. The number of pyridine rings is 1. The summed E-state index contributed by atoms with van der Waals surface area (Å²) in [6.07, 6.45) is 4.41. The van der Waals surface area contributed by atoms with Crippen LogP contribution < -0.4 is 10.2 Å². The van der Waals surface area contributed by atoms with E-state index in [0.29, 0.717) is 6.10 Å². The van der Waals surface area contributed by atoms with Crippen molar-refractivity contribution < 1.29 is 9.53 Å². The smallest absolute Gasteiger partial charge is 0.252 e. The molecule has 2 aromatic rings. The zero-order valence-corrected chi connectivity index (χ0v) is 19.0. The normalized spacial score (nSPS) is 20.5. The maximum atomic E-state index is 13.0. The Morgan fingerprint density at radius 1 is 1.19 bits per heavy atom. The van der Waals surface area contributed by atoms with Gasteiger partial charge in [-0.05, 0) is 44.0 Å². The van der Waals surface area contributed by atoms with Gasteiger partial charge in [-0.3, -0.25) is 9.69 Å². The summed E-state index contributed by atoms with van der Waals surface area (Å²) in [6, 6.07) is 14.0. The summed E-state index contributed by atoms with van der Waals surface area (Å²) in [7, 11) is 0. The largest absolute Gasteiger partial charge is 0.377 e. The molecule has 2 unspecified atom stereocenters. The van der Waals surface area contributed by atoms with Gasteiger partial charge in [-0.2, -0.15) is 0 Å². The minimum Gasteiger partial charge on any atom is -0.377 e. The standard InChI is InChI=1S/C24H32N4O2S/c1-19(17-27-12-14-28(15-13-27)23-10-4-5-11-25-23)26-24(29)21-8-2-3-9-22(21)31-18-20-7-6-16-30-20/h2-5,8-11,19-20H,6-7,12-18H2,1H3,(H,26,29). The van der Waals surface area contributed by atoms with E-state index in [-0.39, 0.29) is 11.9 Å². The van der Waals surface area contributed by atoms with Gasteiger partial charge in [-0.1, -0.05) is 18.2 Å². The van der Waals surface area contributed by atoms with Crippen LogP contribution in [0.25, 0.3) is 0 Å². The van der Waals surface area contributed by atoms with E-state index in [1.807, 2.05) is 42.6 Å². The molecule has 31 heavy (non-hydrogen) atoms. The summed E-state index contributed by atoms with van der Waals surface area (Å²) < 4.78 is 5.73. The average molecular weight is 441 g/mol. The fraction of sp³-hybridized carbons (Fsp3) is 0.500. The number of thioether (sulfide) groups is 1. The lowest BCUT2D eigenvalue weighted by atomic mass is 10.2. The molecule has 7 heteroatoms. The molecule has 0 saturated carbocycles. The monoisotopic (exact) mass is 440 g/mol. The zero-order chi connectivity index (χ0) is 21.5. The van der Waals surface area contributed by atoms with Crippen molar-refractivity contribution >= 4 is 23.5 Å². The molecule has 0 aliphatic carbocycles. The number of rotatable bonds is 8. The number of piperazine rings is 1. The summed E-state index contributed by atoms with van der Waals surface area (Å²) in [5.74, 6) is 1.95. The molecule has 1 aromatic carbocycles. The SMILES string of the molecule is CC(CN1CCN(c2ccccn2)CC1)NC(=O)c1ccccc1SCC1CCCO1. The van der Waals surface area contributed by atoms with Gasteiger partial charge in [0.05, 0.1) is 11.7 Å². The number of aromatic nitrogens is 1. The third-order valence-electron chi connectivity index (χ3n) is 5.84. The van der Waals surface area contributed by atoms with Gasteiger partial charge in [0.2, 0.25) is 0 Å². The van der Waals surface area contributed by atoms with E-state index in [1.165, 1.54) is 0 Å². The van der Waals surface area contributed by atoms with Gasteiger partial charge in [-0.15, -0.1) is 11.8 Å². The van der Waals surface area contributed by atoms with Crippen LogP contribution in [0.3, 0.4) is 0 Å². The summed E-state index contributed by atoms with van der Waals surface area (Å²) in [4.78, 5) is 23.2. The van der Waals surface area contributed by atoms with E-state index in [1.54, 1.807) is 11.8 Å². The molecule has 166 valence electrons. The van der Waals surface area contributed by atoms with Gasteiger partial charge in [-0.25, -0.2) is 4.98 Å². The molecular weight excluding hydrogens is 408 g/mol. The topological polar surface area (TPSA) is 57.7 Å². The fourth-order valence-electron chi connectivity index (χ4n) is 4.17. The first-order valence-corrected chi connectivity index (χ1v) is 12.2. The van der Waals surface area contributed by atoms with Gasteiger partial charge < -0.3 is 15.0 Å². The average Bonchev–Trinajstić information content (AvgIpc) is 3.32. The number of ether oxygens (including phenoxy) is 1. The Labute approximate surface area is 189 Å². The van der Waals surface area contributed by atoms with Gasteiger partial charge in [0.1, 0.15) is 5.82 Å². The van der Waals surface area contributed by atoms with Crippen molar-refractivity contribution in [2.45, 2.75) is 36.8 Å². The van der Waals surface area contributed by atoms with Crippen molar-refractivity contribution in [3.8, 4) is 0 Å². The third kappa shape index (κ3) is 6.21. The van der Waals surface area contributed by atoms with Crippen LogP contribution in [0.4, 0.5) is 5.82 Å². The van der Waals surface area contributed by atoms with E-state index in [2.05, 4.69) is 33.1 Å². The quantitative estimate of drug-likeness (QED) is 0.636. The number of carbonyl (C=O) groups excluding carboxylic acids is 1. The Balaban J connectivity index is 1.25. The number of nitrogens with zero attached hydrogens (tertiary/aromatic N) is 3. The number of amides is 1. The van der Waals surface area contributed by atoms with Gasteiger partial charge in [0, 0.05) is 62.2 Å². The lowest BCUT2D eigenvalue weighted by Gasteiger charge is -2.36. The van der Waals surface area contributed by atoms with E-state index in [0.717, 1.165) is 74.2 Å². The molecule has 4 rings (SSSR count). The lowest BCUT2D eigenvalue weighted by molar-refractivity contribution is 0.0925. The fourth-order valence-corrected chi connectivity index (χ4v) is 5.29. The molecule has 2 saturated heterocycles. The molecule has 6 nitrogen and oxygen atoms in total. The molecule has 2 aliphatic heterocycles. The summed E-state index contributed by atoms with van der Waals surface area (Å²) in [5, 5.41) is 3.20. The predicted molar refractivity (Wildman–Crippen MR) is 126 cm³/mol. The molecule has 2 fully saturated rings. The summed E-state index contributed by atoms with van der Waals surface area (Å²) in [6.45, 7) is 7.68. The van der Waals surface area contributed by atoms with Crippen molar-refractivity contribution in [1.82, 2.24) is 15.2 Å². The first-order valence-electron chi connectivity index (χ1n) is 11.2. The van der Waals surface area contributed by atoms with Gasteiger partial charge in [0.15, 0.2) is 0 Å². The van der Waals surface area contributed by atoms with Crippen LogP contribution in [0, 0.1) is 0 Å². The second kappa shape index (κ2) is 11.0. The highest BCUT2D eigenvalue weighted by Gasteiger charge is 2.22. The van der Waals surface area contributed by atoms with Crippen LogP contribution in [0.15, 0.2) is 53.6 Å². The van der Waals surface area contributed by atoms with Gasteiger partial charge >= 0.3 is 0 Å². The van der Waals surface area contributed by atoms with Crippen LogP contribution in [-0.4, -0.2) is 73.0 Å². The molecule has 1 amide bonds. The number of anilines is 1. The molecule has 2 aliphatic rings. The molecule has 1 N–H and O–H groups in total. The van der Waals surface area contributed by atoms with Crippen molar-refractivity contribution in [2.24, 2.45) is 0 Å². The third-order valence-corrected chi connectivity index (χ3v) is 7.04. The Kier molecular flexibility index (Phi) is 7.83. The Morgan fingerprint density at radius 3 is 2.74 bits per heavy atom. The van der Waals surface area contributed by atoms with Crippen molar-refractivity contribution in [1.29, 1.82) is 0 Å². The van der Waals surface area contributed by atoms with Crippen LogP contribution in [0.2, 0.25) is 0 Å². The highest BCUT2D eigenvalue weighted by atomic mass is 32.2. The van der Waals surface area contributed by atoms with Gasteiger partial charge in [0.25, 0.3) is 5.91 Å². The molecular formula is C24H32N4O2S. The van der Waals surface area contributed by atoms with Crippen molar-refractivity contribution in [3.05, 3.63) is 54.2 Å². The maximum Gasteiger partial charge on any atom is 0.252 e. The van der Waals surface area contributed by atoms with Crippen LogP contribution in [-0.2, 0) is 4.74 Å². The van der Waals surface area contributed by atoms with E-state index >= 15 is 0 Å². The summed E-state index contributed by atoms with van der Waals surface area (Å²) >= 11 is 1.73. The van der Waals surface area contributed by atoms with E-state index in [4.69, 9.17) is 4.74 Å². The molecule has 0 bridgehead atoms. The number of benzene rings is 1. The minimum absolute atomic E-state index is 0.00932. The zero-order valence-electron chi connectivity index (χ0n) is 18.2. The van der Waals surface area contributed by atoms with Crippen molar-refractivity contribution in [3.63, 3.8) is 0 Å². The lowest BCUT2D eigenvalue weighted by Crippen LogP contribution is -2.51. The molecule has 0 radical (unpaired) electrons. The first kappa shape index (κ1) is 22.1. The van der Waals surface area contributed by atoms with Crippen LogP contribution >= 0.6 is 11.8 Å². The molecule has 0 spiro atoms. The maximum absolute atomic E-state index is 13.0. The molecule has 1 aromatic heterocycles. The highest BCUT2D eigenvalue weighted by molar-refractivity contribution is 7.99. The predicted octanol–water partition coefficient (Wildman–Crippen LogP) is 3.29. The number of hydrogen-bond donors (Lipinski definition) is 1. The highest BCUT2D eigenvalue weighted by Crippen LogP contribution is 2.27. The van der Waals surface area contributed by atoms with E-state index < -0.39 is 0 Å². The number of nitrogens with one attached hydrogen (secondary N) is 1. The minimum atomic E-state index is 0.00932. The second-order valence-electron chi connectivity index (χ2n) is 8.29. The Hall–Kier alpha value is -2.09. The Morgan fingerprint density at radius 2 is 2.00 bits per heavy atom. The van der Waals surface area contributed by atoms with Crippen LogP contribution in [0.5, 0.6) is 0 Å². The summed E-state index contributed by atoms with van der Waals surface area (Å²) in [5.41, 5.74) is 0.761. The van der Waals surface area contributed by atoms with E-state index in [9.17, 15) is 4.79 Å². The second-order valence-corrected chi connectivity index (χ2v) is 9.35. The molecule has 3 heterocycles.